The largest absolute Gasteiger partial charge is 0.471 e. The summed E-state index contributed by atoms with van der Waals surface area (Å²) in [6.07, 6.45) is -6.09. The number of rotatable bonds is 3. The molecule has 0 aliphatic rings. The van der Waals surface area contributed by atoms with Gasteiger partial charge < -0.3 is 15.4 Å². The third-order valence-corrected chi connectivity index (χ3v) is 2.08. The molecule has 1 aromatic heterocycles. The second-order valence-electron chi connectivity index (χ2n) is 3.72. The number of hydrogen-bond acceptors (Lipinski definition) is 5. The second-order valence-corrected chi connectivity index (χ2v) is 3.72. The van der Waals surface area contributed by atoms with Crippen molar-refractivity contribution in [1.82, 2.24) is 10.1 Å². The van der Waals surface area contributed by atoms with Gasteiger partial charge in [-0.05, 0) is 5.92 Å². The van der Waals surface area contributed by atoms with E-state index in [9.17, 15) is 18.3 Å². The van der Waals surface area contributed by atoms with Gasteiger partial charge in [0.2, 0.25) is 5.82 Å². The highest BCUT2D eigenvalue weighted by Gasteiger charge is 2.39. The van der Waals surface area contributed by atoms with Gasteiger partial charge in [0.25, 0.3) is 0 Å². The Kier molecular flexibility index (Phi) is 5.37. The first kappa shape index (κ1) is 16.1. The summed E-state index contributed by atoms with van der Waals surface area (Å²) in [5, 5.41) is 12.6. The number of alkyl halides is 3. The Morgan fingerprint density at radius 1 is 1.35 bits per heavy atom. The van der Waals surface area contributed by atoms with Gasteiger partial charge in [0.15, 0.2) is 0 Å². The van der Waals surface area contributed by atoms with E-state index in [-0.39, 0.29) is 18.3 Å². The van der Waals surface area contributed by atoms with E-state index < -0.39 is 30.0 Å². The van der Waals surface area contributed by atoms with E-state index >= 15 is 0 Å². The van der Waals surface area contributed by atoms with E-state index in [0.29, 0.717) is 0 Å². The molecular formula is C8H13ClF3N3O2. The minimum Gasteiger partial charge on any atom is -0.383 e. The number of nitrogens with two attached hydrogens (primary N) is 1. The standard InChI is InChI=1S/C8H12F3N3O2.ClH/c1-3(2)4(12)5(15)6-13-7(16-14-6)8(9,10)11;/h3-5,15H,12H2,1-2H3;1H/t4-,5?;/m0./s1. The third kappa shape index (κ3) is 3.83. The first-order chi connectivity index (χ1) is 7.23. The zero-order valence-electron chi connectivity index (χ0n) is 9.10. The van der Waals surface area contributed by atoms with Crippen molar-refractivity contribution < 1.29 is 22.8 Å². The molecule has 5 nitrogen and oxygen atoms in total. The SMILES string of the molecule is CC(C)[C@H](N)C(O)c1noc(C(F)(F)F)n1.Cl. The first-order valence-corrected chi connectivity index (χ1v) is 4.58. The monoisotopic (exact) mass is 275 g/mol. The molecule has 1 unspecified atom stereocenters. The highest BCUT2D eigenvalue weighted by atomic mass is 35.5. The molecule has 1 heterocycles. The zero-order valence-corrected chi connectivity index (χ0v) is 9.92. The molecule has 17 heavy (non-hydrogen) atoms. The van der Waals surface area contributed by atoms with Crippen LogP contribution in [0.2, 0.25) is 0 Å². The number of hydrogen-bond donors (Lipinski definition) is 2. The molecule has 9 heteroatoms. The normalized spacial score (nSPS) is 15.5. The van der Waals surface area contributed by atoms with Crippen molar-refractivity contribution in [3.8, 4) is 0 Å². The van der Waals surface area contributed by atoms with Crippen molar-refractivity contribution in [3.63, 3.8) is 0 Å². The summed E-state index contributed by atoms with van der Waals surface area (Å²) in [4.78, 5) is 3.05. The van der Waals surface area contributed by atoms with Crippen LogP contribution in [-0.4, -0.2) is 21.3 Å². The summed E-state index contributed by atoms with van der Waals surface area (Å²) in [7, 11) is 0. The third-order valence-electron chi connectivity index (χ3n) is 2.08. The van der Waals surface area contributed by atoms with Crippen LogP contribution in [0.15, 0.2) is 4.52 Å². The molecule has 2 atom stereocenters. The van der Waals surface area contributed by atoms with Crippen LogP contribution in [0.3, 0.4) is 0 Å². The Bertz CT molecular complexity index is 356. The number of aliphatic hydroxyl groups excluding tert-OH is 1. The fraction of sp³-hybridized carbons (Fsp3) is 0.750. The molecular weight excluding hydrogens is 263 g/mol. The van der Waals surface area contributed by atoms with Gasteiger partial charge in [-0.1, -0.05) is 19.0 Å². The van der Waals surface area contributed by atoms with E-state index in [4.69, 9.17) is 5.73 Å². The van der Waals surface area contributed by atoms with E-state index in [0.717, 1.165) is 0 Å². The van der Waals surface area contributed by atoms with Crippen LogP contribution < -0.4 is 5.73 Å². The lowest BCUT2D eigenvalue weighted by molar-refractivity contribution is -0.159. The maximum atomic E-state index is 12.1. The number of halogens is 4. The van der Waals surface area contributed by atoms with Crippen LogP contribution >= 0.6 is 12.4 Å². The van der Waals surface area contributed by atoms with Gasteiger partial charge in [0, 0.05) is 6.04 Å². The van der Waals surface area contributed by atoms with Crippen LogP contribution in [0, 0.1) is 5.92 Å². The molecule has 0 aliphatic heterocycles. The van der Waals surface area contributed by atoms with Crippen LogP contribution in [0.1, 0.15) is 31.7 Å². The van der Waals surface area contributed by atoms with Crippen molar-refractivity contribution in [3.05, 3.63) is 11.7 Å². The Labute approximate surface area is 102 Å². The quantitative estimate of drug-likeness (QED) is 0.874. The highest BCUT2D eigenvalue weighted by Crippen LogP contribution is 2.28. The topological polar surface area (TPSA) is 85.2 Å². The first-order valence-electron chi connectivity index (χ1n) is 4.58. The van der Waals surface area contributed by atoms with E-state index in [2.05, 4.69) is 14.7 Å². The van der Waals surface area contributed by atoms with Gasteiger partial charge >= 0.3 is 12.1 Å². The van der Waals surface area contributed by atoms with Crippen LogP contribution in [0.5, 0.6) is 0 Å². The summed E-state index contributed by atoms with van der Waals surface area (Å²) in [6, 6.07) is -0.751. The molecule has 3 N–H and O–H groups in total. The predicted molar refractivity (Wildman–Crippen MR) is 54.3 cm³/mol. The summed E-state index contributed by atoms with van der Waals surface area (Å²) in [5.74, 6) is -2.06. The van der Waals surface area contributed by atoms with Crippen molar-refractivity contribution >= 4 is 12.4 Å². The smallest absolute Gasteiger partial charge is 0.383 e. The molecule has 0 spiro atoms. The summed E-state index contributed by atoms with van der Waals surface area (Å²) in [5.41, 5.74) is 5.56. The average Bonchev–Trinajstić information content (AvgIpc) is 2.63. The van der Waals surface area contributed by atoms with Gasteiger partial charge in [-0.2, -0.15) is 18.2 Å². The van der Waals surface area contributed by atoms with Crippen LogP contribution in [0.4, 0.5) is 13.2 Å². The highest BCUT2D eigenvalue weighted by molar-refractivity contribution is 5.85. The van der Waals surface area contributed by atoms with E-state index in [1.807, 2.05) is 0 Å². The lowest BCUT2D eigenvalue weighted by Crippen LogP contribution is -2.34. The Morgan fingerprint density at radius 3 is 2.24 bits per heavy atom. The van der Waals surface area contributed by atoms with Crippen LogP contribution in [0.25, 0.3) is 0 Å². The maximum absolute atomic E-state index is 12.1. The summed E-state index contributed by atoms with van der Waals surface area (Å²) >= 11 is 0. The molecule has 1 rings (SSSR count). The minimum absolute atomic E-state index is 0. The molecule has 1 aromatic rings. The van der Waals surface area contributed by atoms with E-state index in [1.54, 1.807) is 13.8 Å². The predicted octanol–water partition coefficient (Wildman–Crippen LogP) is 1.53. The number of aliphatic hydroxyl groups is 1. The molecule has 0 amide bonds. The van der Waals surface area contributed by atoms with Gasteiger partial charge in [-0.3, -0.25) is 0 Å². The van der Waals surface area contributed by atoms with Gasteiger partial charge in [-0.15, -0.1) is 12.4 Å². The van der Waals surface area contributed by atoms with Crippen molar-refractivity contribution in [2.45, 2.75) is 32.2 Å². The summed E-state index contributed by atoms with van der Waals surface area (Å²) in [6.45, 7) is 3.44. The minimum atomic E-state index is -4.72. The Morgan fingerprint density at radius 2 is 1.88 bits per heavy atom. The number of aromatic nitrogens is 2. The van der Waals surface area contributed by atoms with E-state index in [1.165, 1.54) is 0 Å². The zero-order chi connectivity index (χ0) is 12.5. The molecule has 0 saturated heterocycles. The fourth-order valence-electron chi connectivity index (χ4n) is 1.01. The second kappa shape index (κ2) is 5.65. The lowest BCUT2D eigenvalue weighted by atomic mass is 9.99. The van der Waals surface area contributed by atoms with Crippen LogP contribution in [-0.2, 0) is 6.18 Å². The van der Waals surface area contributed by atoms with Gasteiger partial charge in [0.1, 0.15) is 6.10 Å². The van der Waals surface area contributed by atoms with Crippen molar-refractivity contribution in [2.75, 3.05) is 0 Å². The molecule has 0 aromatic carbocycles. The Hall–Kier alpha value is -0.860. The molecule has 0 fully saturated rings. The number of nitrogens with zero attached hydrogens (tertiary/aromatic N) is 2. The molecule has 0 bridgehead atoms. The van der Waals surface area contributed by atoms with Gasteiger partial charge in [0.05, 0.1) is 0 Å². The molecule has 0 saturated carbocycles. The fourth-order valence-corrected chi connectivity index (χ4v) is 1.01. The van der Waals surface area contributed by atoms with Crippen molar-refractivity contribution in [2.24, 2.45) is 11.7 Å². The van der Waals surface area contributed by atoms with Crippen molar-refractivity contribution in [1.29, 1.82) is 0 Å². The Balaban J connectivity index is 0.00000256. The molecule has 100 valence electrons. The average molecular weight is 276 g/mol. The lowest BCUT2D eigenvalue weighted by Gasteiger charge is -2.18. The maximum Gasteiger partial charge on any atom is 0.471 e. The molecule has 0 radical (unpaired) electrons. The van der Waals surface area contributed by atoms with Gasteiger partial charge in [-0.25, -0.2) is 0 Å². The summed E-state index contributed by atoms with van der Waals surface area (Å²) < 4.78 is 40.3. The molecule has 0 aliphatic carbocycles.